The molecule has 5 heterocycles. The Morgan fingerprint density at radius 1 is 0.600 bits per heavy atom. The molecule has 0 amide bonds. The Bertz CT molecular complexity index is 3940. The van der Waals surface area contributed by atoms with Crippen LogP contribution < -0.4 is 14.5 Å². The molecular weight excluding hydrogens is 1050 g/mol. The molecular formula is C63H50N4OPtSi-2. The average Bonchev–Trinajstić information content (AvgIpc) is 3.92. The molecule has 0 N–H and O–H groups in total. The number of nitrogens with zero attached hydrogens (tertiary/aromatic N) is 4. The molecule has 0 aliphatic carbocycles. The molecule has 11 aromatic rings. The number of ether oxygens (including phenoxy) is 1. The van der Waals surface area contributed by atoms with Gasteiger partial charge in [0.25, 0.3) is 6.33 Å². The zero-order chi connectivity index (χ0) is 47.0. The third-order valence-electron chi connectivity index (χ3n) is 15.5. The molecule has 13 rings (SSSR count). The fourth-order valence-electron chi connectivity index (χ4n) is 11.3. The average molecular weight is 1100 g/mol. The van der Waals surface area contributed by atoms with Crippen molar-refractivity contribution in [1.82, 2.24) is 14.1 Å². The SMILES string of the molecule is CC(C)(C)c1ccnc(-n2c3[c-]c(Oc4[c-]c(-n5[c-][n+]6c7c(cccc75)-c5c7cccc5C(C)(C)[Si](C)(C)c5ccccc5-c5cccc(c5-6)-c5ccccc5-7)ccc4)ccc3c3ccccc32)c1.[Pt]. The summed E-state index contributed by atoms with van der Waals surface area (Å²) in [6.07, 6.45) is 5.89. The van der Waals surface area contributed by atoms with E-state index < -0.39 is 8.07 Å². The minimum Gasteiger partial charge on any atom is -0.510 e. The third-order valence-corrected chi connectivity index (χ3v) is 20.7. The molecule has 0 spiro atoms. The van der Waals surface area contributed by atoms with E-state index in [1.54, 1.807) is 0 Å². The Hall–Kier alpha value is -7.11. The molecule has 0 radical (unpaired) electrons. The molecule has 8 aromatic carbocycles. The van der Waals surface area contributed by atoms with Crippen molar-refractivity contribution in [3.8, 4) is 73.2 Å². The van der Waals surface area contributed by atoms with Gasteiger partial charge in [0.15, 0.2) is 0 Å². The Balaban J connectivity index is 0.00000505. The molecule has 5 nitrogen and oxygen atoms in total. The summed E-state index contributed by atoms with van der Waals surface area (Å²) >= 11 is 0. The molecule has 0 saturated heterocycles. The fraction of sp³-hybridized carbons (Fsp3) is 0.143. The maximum absolute atomic E-state index is 6.77. The second-order valence-corrected chi connectivity index (χ2v) is 25.8. The predicted molar refractivity (Wildman–Crippen MR) is 284 cm³/mol. The van der Waals surface area contributed by atoms with Crippen LogP contribution in [0.3, 0.4) is 0 Å². The Labute approximate surface area is 425 Å². The van der Waals surface area contributed by atoms with Gasteiger partial charge < -0.3 is 13.9 Å². The van der Waals surface area contributed by atoms with Crippen LogP contribution >= 0.6 is 0 Å². The molecule has 70 heavy (non-hydrogen) atoms. The monoisotopic (exact) mass is 1100 g/mol. The van der Waals surface area contributed by atoms with Gasteiger partial charge in [0.1, 0.15) is 5.82 Å². The zero-order valence-electron chi connectivity index (χ0n) is 40.3. The fourth-order valence-corrected chi connectivity index (χ4v) is 14.3. The Morgan fingerprint density at radius 2 is 1.23 bits per heavy atom. The molecule has 2 aliphatic rings. The standard InChI is InChI=1S/C63H50N4OSi.Pt/c1-62(2,3)40-34-35-64-58(36-40)67-54-29-12-10-22-46(54)47-33-32-43(38-56(47)67)68-42-19-14-18-41(37-42)65-39-66-60-50-25-15-26-51(60)48-23-11-13-31-57(48)69(6,7)63(4,5)53-28-16-24-49(44-20-8-9-21-45(44)50)59(53)52-27-17-30-55(65)61(52)66;/h8-36H,1-7H3;/q-2;. The first-order chi connectivity index (χ1) is 33.4. The van der Waals surface area contributed by atoms with E-state index in [0.717, 1.165) is 55.6 Å². The first-order valence-electron chi connectivity index (χ1n) is 24.0. The molecule has 7 heteroatoms. The van der Waals surface area contributed by atoms with Gasteiger partial charge in [-0.05, 0) is 95.4 Å². The number of hydrogen-bond acceptors (Lipinski definition) is 2. The van der Waals surface area contributed by atoms with Gasteiger partial charge in [-0.15, -0.1) is 29.7 Å². The Kier molecular flexibility index (Phi) is 10.1. The van der Waals surface area contributed by atoms with Gasteiger partial charge in [0.05, 0.1) is 24.8 Å². The van der Waals surface area contributed by atoms with Gasteiger partial charge in [-0.1, -0.05) is 180 Å². The molecule has 3 aromatic heterocycles. The molecule has 0 atom stereocenters. The number of fused-ring (bicyclic) bond motifs is 8. The van der Waals surface area contributed by atoms with Gasteiger partial charge >= 0.3 is 0 Å². The summed E-state index contributed by atoms with van der Waals surface area (Å²) in [5.74, 6) is 2.03. The van der Waals surface area contributed by atoms with E-state index in [1.165, 1.54) is 55.3 Å². The van der Waals surface area contributed by atoms with Gasteiger partial charge in [-0.2, -0.15) is 18.2 Å². The number of rotatable bonds is 4. The van der Waals surface area contributed by atoms with Gasteiger partial charge in [0.2, 0.25) is 0 Å². The van der Waals surface area contributed by atoms with E-state index in [9.17, 15) is 0 Å². The van der Waals surface area contributed by atoms with Gasteiger partial charge in [-0.25, -0.2) is 4.98 Å². The van der Waals surface area contributed by atoms with Crippen LogP contribution in [0.2, 0.25) is 13.1 Å². The van der Waals surface area contributed by atoms with E-state index >= 15 is 0 Å². The summed E-state index contributed by atoms with van der Waals surface area (Å²) in [7, 11) is -2.30. The van der Waals surface area contributed by atoms with Crippen LogP contribution in [-0.2, 0) is 31.5 Å². The predicted octanol–water partition coefficient (Wildman–Crippen LogP) is 14.6. The molecule has 0 fully saturated rings. The first kappa shape index (κ1) is 44.1. The first-order valence-corrected chi connectivity index (χ1v) is 27.0. The summed E-state index contributed by atoms with van der Waals surface area (Å²) in [6, 6.07) is 69.2. The quantitative estimate of drug-likeness (QED) is 0.100. The number of imidazole rings is 1. The van der Waals surface area contributed by atoms with Crippen LogP contribution in [0.15, 0.2) is 176 Å². The Morgan fingerprint density at radius 3 is 2.04 bits per heavy atom. The van der Waals surface area contributed by atoms with Crippen molar-refractivity contribution in [2.24, 2.45) is 0 Å². The summed E-state index contributed by atoms with van der Waals surface area (Å²) in [6.45, 7) is 16.8. The van der Waals surface area contributed by atoms with Gasteiger partial charge in [0, 0.05) is 44.3 Å². The van der Waals surface area contributed by atoms with Crippen LogP contribution in [0, 0.1) is 18.5 Å². The van der Waals surface area contributed by atoms with Crippen LogP contribution in [0.25, 0.3) is 94.5 Å². The van der Waals surface area contributed by atoms with Crippen molar-refractivity contribution >= 4 is 46.1 Å². The zero-order valence-corrected chi connectivity index (χ0v) is 43.5. The molecule has 0 saturated carbocycles. The van der Waals surface area contributed by atoms with Crippen LogP contribution in [-0.4, -0.2) is 22.2 Å². The molecule has 344 valence electrons. The van der Waals surface area contributed by atoms with E-state index in [1.807, 2.05) is 24.4 Å². The maximum atomic E-state index is 6.77. The van der Waals surface area contributed by atoms with E-state index in [-0.39, 0.29) is 31.5 Å². The van der Waals surface area contributed by atoms with Crippen LogP contribution in [0.5, 0.6) is 11.5 Å². The van der Waals surface area contributed by atoms with Crippen molar-refractivity contribution < 1.29 is 30.4 Å². The number of benzene rings is 8. The van der Waals surface area contributed by atoms with Crippen LogP contribution in [0.4, 0.5) is 0 Å². The number of pyridine rings is 1. The number of hydrogen-bond donors (Lipinski definition) is 0. The number of aromatic nitrogens is 4. The number of para-hydroxylation sites is 3. The smallest absolute Gasteiger partial charge is 0.268 e. The second kappa shape index (κ2) is 16.0. The van der Waals surface area contributed by atoms with Crippen molar-refractivity contribution in [2.75, 3.05) is 0 Å². The third kappa shape index (κ3) is 6.46. The molecule has 2 bridgehead atoms. The molecule has 2 aliphatic heterocycles. The van der Waals surface area contributed by atoms with Crippen molar-refractivity contribution in [3.05, 3.63) is 206 Å². The summed E-state index contributed by atoms with van der Waals surface area (Å²) < 4.78 is 13.5. The van der Waals surface area contributed by atoms with E-state index in [4.69, 9.17) is 9.72 Å². The van der Waals surface area contributed by atoms with Crippen LogP contribution in [0.1, 0.15) is 45.7 Å². The van der Waals surface area contributed by atoms with E-state index in [0.29, 0.717) is 11.5 Å². The van der Waals surface area contributed by atoms with Gasteiger partial charge in [-0.3, -0.25) is 4.57 Å². The largest absolute Gasteiger partial charge is 0.510 e. The minimum absolute atomic E-state index is 0. The maximum Gasteiger partial charge on any atom is 0.268 e. The topological polar surface area (TPSA) is 35.9 Å². The summed E-state index contributed by atoms with van der Waals surface area (Å²) in [5.41, 5.74) is 18.3. The molecule has 0 unspecified atom stereocenters. The summed E-state index contributed by atoms with van der Waals surface area (Å²) in [5, 5.41) is 3.50. The second-order valence-electron chi connectivity index (χ2n) is 20.8. The van der Waals surface area contributed by atoms with Crippen molar-refractivity contribution in [1.29, 1.82) is 0 Å². The normalized spacial score (nSPS) is 14.0. The van der Waals surface area contributed by atoms with E-state index in [2.05, 4.69) is 232 Å². The minimum atomic E-state index is -2.30. The van der Waals surface area contributed by atoms with Crippen molar-refractivity contribution in [2.45, 2.75) is 58.2 Å². The van der Waals surface area contributed by atoms with Crippen molar-refractivity contribution in [3.63, 3.8) is 0 Å². The summed E-state index contributed by atoms with van der Waals surface area (Å²) in [4.78, 5) is 4.89.